The molecular weight excluding hydrogens is 268 g/mol. The summed E-state index contributed by atoms with van der Waals surface area (Å²) in [5.74, 6) is -0.454. The van der Waals surface area contributed by atoms with Crippen LogP contribution in [0, 0.1) is 18.6 Å². The van der Waals surface area contributed by atoms with Crippen LogP contribution in [0.3, 0.4) is 0 Å². The zero-order valence-electron chi connectivity index (χ0n) is 10.6. The van der Waals surface area contributed by atoms with Crippen LogP contribution in [0.15, 0.2) is 34.4 Å². The molecule has 0 radical (unpaired) electrons. The van der Waals surface area contributed by atoms with Crippen LogP contribution in [0.5, 0.6) is 0 Å². The van der Waals surface area contributed by atoms with E-state index in [2.05, 4.69) is 15.3 Å². The van der Waals surface area contributed by atoms with Crippen molar-refractivity contribution in [3.8, 4) is 0 Å². The zero-order chi connectivity index (χ0) is 13.8. The fourth-order valence-corrected chi connectivity index (χ4v) is 2.40. The molecular formula is C13H13F2N3S. The number of halogens is 2. The van der Waals surface area contributed by atoms with Gasteiger partial charge in [0.05, 0.1) is 0 Å². The number of nitrogens with one attached hydrogen (secondary N) is 1. The average Bonchev–Trinajstić information content (AvgIpc) is 2.37. The summed E-state index contributed by atoms with van der Waals surface area (Å²) in [6.07, 6.45) is 1.43. The van der Waals surface area contributed by atoms with Gasteiger partial charge in [0, 0.05) is 23.1 Å². The maximum absolute atomic E-state index is 13.6. The standard InChI is InChI=1S/C13H13F2N3S/c1-3-16-12-8(2)13(18-7-17-12)19-11-5-4-9(14)6-10(11)15/h4-7H,3H2,1-2H3,(H,16,17,18). The van der Waals surface area contributed by atoms with E-state index in [1.807, 2.05) is 13.8 Å². The van der Waals surface area contributed by atoms with Crippen molar-refractivity contribution in [2.75, 3.05) is 11.9 Å². The van der Waals surface area contributed by atoms with Gasteiger partial charge in [-0.2, -0.15) is 0 Å². The Kier molecular flexibility index (Phi) is 4.31. The lowest BCUT2D eigenvalue weighted by molar-refractivity contribution is 0.565. The van der Waals surface area contributed by atoms with Crippen molar-refractivity contribution < 1.29 is 8.78 Å². The fraction of sp³-hybridized carbons (Fsp3) is 0.231. The van der Waals surface area contributed by atoms with Crippen molar-refractivity contribution >= 4 is 17.6 Å². The summed E-state index contributed by atoms with van der Waals surface area (Å²) in [7, 11) is 0. The van der Waals surface area contributed by atoms with Gasteiger partial charge >= 0.3 is 0 Å². The molecule has 0 fully saturated rings. The second kappa shape index (κ2) is 5.97. The molecule has 100 valence electrons. The predicted molar refractivity (Wildman–Crippen MR) is 71.4 cm³/mol. The van der Waals surface area contributed by atoms with Crippen molar-refractivity contribution in [2.24, 2.45) is 0 Å². The van der Waals surface area contributed by atoms with E-state index >= 15 is 0 Å². The average molecular weight is 281 g/mol. The van der Waals surface area contributed by atoms with E-state index in [0.717, 1.165) is 35.8 Å². The van der Waals surface area contributed by atoms with Gasteiger partial charge in [-0.3, -0.25) is 0 Å². The van der Waals surface area contributed by atoms with Crippen LogP contribution in [0.25, 0.3) is 0 Å². The summed E-state index contributed by atoms with van der Waals surface area (Å²) < 4.78 is 26.4. The molecule has 0 atom stereocenters. The minimum absolute atomic E-state index is 0.339. The fourth-order valence-electron chi connectivity index (χ4n) is 1.54. The van der Waals surface area contributed by atoms with E-state index in [1.165, 1.54) is 18.5 Å². The topological polar surface area (TPSA) is 37.8 Å². The summed E-state index contributed by atoms with van der Waals surface area (Å²) in [5.41, 5.74) is 0.845. The molecule has 0 saturated heterocycles. The third kappa shape index (κ3) is 3.20. The predicted octanol–water partition coefficient (Wildman–Crippen LogP) is 3.65. The normalized spacial score (nSPS) is 10.5. The maximum atomic E-state index is 13.6. The maximum Gasteiger partial charge on any atom is 0.140 e. The molecule has 1 heterocycles. The SMILES string of the molecule is CCNc1ncnc(Sc2ccc(F)cc2F)c1C. The molecule has 2 aromatic rings. The van der Waals surface area contributed by atoms with Crippen LogP contribution < -0.4 is 5.32 Å². The number of hydrogen-bond donors (Lipinski definition) is 1. The van der Waals surface area contributed by atoms with Crippen molar-refractivity contribution in [1.82, 2.24) is 9.97 Å². The Morgan fingerprint density at radius 3 is 2.74 bits per heavy atom. The van der Waals surface area contributed by atoms with Crippen molar-refractivity contribution in [1.29, 1.82) is 0 Å². The molecule has 1 aromatic carbocycles. The molecule has 0 aliphatic heterocycles. The summed E-state index contributed by atoms with van der Waals surface area (Å²) >= 11 is 1.16. The molecule has 0 unspecified atom stereocenters. The highest BCUT2D eigenvalue weighted by Crippen LogP contribution is 2.32. The largest absolute Gasteiger partial charge is 0.370 e. The summed E-state index contributed by atoms with van der Waals surface area (Å²) in [6.45, 7) is 4.57. The zero-order valence-corrected chi connectivity index (χ0v) is 11.4. The molecule has 0 aliphatic carbocycles. The minimum atomic E-state index is -0.590. The number of hydrogen-bond acceptors (Lipinski definition) is 4. The Bertz CT molecular complexity index is 590. The molecule has 1 aromatic heterocycles. The van der Waals surface area contributed by atoms with Gasteiger partial charge < -0.3 is 5.32 Å². The van der Waals surface area contributed by atoms with E-state index < -0.39 is 11.6 Å². The van der Waals surface area contributed by atoms with Crippen LogP contribution in [0.1, 0.15) is 12.5 Å². The smallest absolute Gasteiger partial charge is 0.140 e. The lowest BCUT2D eigenvalue weighted by Crippen LogP contribution is -2.03. The van der Waals surface area contributed by atoms with Gasteiger partial charge in [0.15, 0.2) is 0 Å². The number of anilines is 1. The highest BCUT2D eigenvalue weighted by atomic mass is 32.2. The van der Waals surface area contributed by atoms with Crippen LogP contribution in [-0.2, 0) is 0 Å². The molecule has 2 rings (SSSR count). The van der Waals surface area contributed by atoms with E-state index in [9.17, 15) is 8.78 Å². The first-order valence-electron chi connectivity index (χ1n) is 5.80. The first-order valence-corrected chi connectivity index (χ1v) is 6.62. The van der Waals surface area contributed by atoms with Gasteiger partial charge in [0.2, 0.25) is 0 Å². The van der Waals surface area contributed by atoms with E-state index in [-0.39, 0.29) is 0 Å². The Hall–Kier alpha value is -1.69. The van der Waals surface area contributed by atoms with Gasteiger partial charge in [-0.1, -0.05) is 11.8 Å². The number of rotatable bonds is 4. The molecule has 0 aliphatic rings. The monoisotopic (exact) mass is 281 g/mol. The van der Waals surface area contributed by atoms with Crippen LogP contribution >= 0.6 is 11.8 Å². The highest BCUT2D eigenvalue weighted by Gasteiger charge is 2.11. The first kappa shape index (κ1) is 13.7. The van der Waals surface area contributed by atoms with Gasteiger partial charge in [-0.05, 0) is 26.0 Å². The summed E-state index contributed by atoms with van der Waals surface area (Å²) in [5, 5.41) is 3.76. The van der Waals surface area contributed by atoms with Crippen molar-refractivity contribution in [3.63, 3.8) is 0 Å². The Balaban J connectivity index is 2.30. The Morgan fingerprint density at radius 1 is 1.26 bits per heavy atom. The Morgan fingerprint density at radius 2 is 2.05 bits per heavy atom. The van der Waals surface area contributed by atoms with Crippen molar-refractivity contribution in [2.45, 2.75) is 23.8 Å². The lowest BCUT2D eigenvalue weighted by Gasteiger charge is -2.10. The van der Waals surface area contributed by atoms with E-state index in [1.54, 1.807) is 0 Å². The number of benzene rings is 1. The lowest BCUT2D eigenvalue weighted by atomic mass is 10.3. The molecule has 0 saturated carbocycles. The van der Waals surface area contributed by atoms with E-state index in [4.69, 9.17) is 0 Å². The number of aromatic nitrogens is 2. The Labute approximate surface area is 114 Å². The molecule has 1 N–H and O–H groups in total. The molecule has 0 amide bonds. The molecule has 19 heavy (non-hydrogen) atoms. The molecule has 0 bridgehead atoms. The van der Waals surface area contributed by atoms with Crippen LogP contribution in [0.2, 0.25) is 0 Å². The van der Waals surface area contributed by atoms with Gasteiger partial charge in [0.1, 0.15) is 28.8 Å². The second-order valence-electron chi connectivity index (χ2n) is 3.86. The van der Waals surface area contributed by atoms with Gasteiger partial charge in [-0.15, -0.1) is 0 Å². The van der Waals surface area contributed by atoms with Gasteiger partial charge in [0.25, 0.3) is 0 Å². The minimum Gasteiger partial charge on any atom is -0.370 e. The van der Waals surface area contributed by atoms with Gasteiger partial charge in [-0.25, -0.2) is 18.7 Å². The summed E-state index contributed by atoms with van der Waals surface area (Å²) in [4.78, 5) is 8.59. The van der Waals surface area contributed by atoms with Crippen LogP contribution in [0.4, 0.5) is 14.6 Å². The first-order chi connectivity index (χ1) is 9.11. The van der Waals surface area contributed by atoms with E-state index in [0.29, 0.717) is 9.92 Å². The number of nitrogens with zero attached hydrogens (tertiary/aromatic N) is 2. The quantitative estimate of drug-likeness (QED) is 0.868. The molecule has 0 spiro atoms. The highest BCUT2D eigenvalue weighted by molar-refractivity contribution is 7.99. The molecule has 3 nitrogen and oxygen atoms in total. The third-order valence-electron chi connectivity index (χ3n) is 2.48. The summed E-state index contributed by atoms with van der Waals surface area (Å²) in [6, 6.07) is 3.50. The van der Waals surface area contributed by atoms with Crippen LogP contribution in [-0.4, -0.2) is 16.5 Å². The van der Waals surface area contributed by atoms with Crippen molar-refractivity contribution in [3.05, 3.63) is 41.7 Å². The second-order valence-corrected chi connectivity index (χ2v) is 4.89. The molecule has 6 heteroatoms. The third-order valence-corrected chi connectivity index (χ3v) is 3.64.